The molecule has 1 fully saturated rings. The summed E-state index contributed by atoms with van der Waals surface area (Å²) < 4.78 is 0. The smallest absolute Gasteiger partial charge is 0.0503 e. The van der Waals surface area contributed by atoms with E-state index in [-0.39, 0.29) is 12.0 Å². The van der Waals surface area contributed by atoms with E-state index in [9.17, 15) is 5.11 Å². The maximum atomic E-state index is 9.55. The van der Waals surface area contributed by atoms with Crippen molar-refractivity contribution >= 4 is 0 Å². The first-order valence-corrected chi connectivity index (χ1v) is 5.42. The van der Waals surface area contributed by atoms with E-state index in [2.05, 4.69) is 16.9 Å². The van der Waals surface area contributed by atoms with Crippen molar-refractivity contribution in [2.75, 3.05) is 26.7 Å². The Morgan fingerprint density at radius 1 is 1.47 bits per heavy atom. The van der Waals surface area contributed by atoms with E-state index in [4.69, 9.17) is 0 Å². The third-order valence-corrected chi connectivity index (χ3v) is 3.29. The Morgan fingerprint density at radius 3 is 2.73 bits per heavy atom. The molecule has 1 saturated heterocycles. The maximum absolute atomic E-state index is 9.55. The molecule has 15 heavy (non-hydrogen) atoms. The van der Waals surface area contributed by atoms with Gasteiger partial charge in [-0.05, 0) is 44.1 Å². The van der Waals surface area contributed by atoms with Crippen molar-refractivity contribution in [1.82, 2.24) is 9.88 Å². The summed E-state index contributed by atoms with van der Waals surface area (Å²) in [5.41, 5.74) is 1.34. The number of hydrogen-bond donors (Lipinski definition) is 1. The molecule has 0 aromatic carbocycles. The predicted molar refractivity (Wildman–Crippen MR) is 59.6 cm³/mol. The van der Waals surface area contributed by atoms with Crippen LogP contribution >= 0.6 is 0 Å². The van der Waals surface area contributed by atoms with Gasteiger partial charge in [0.05, 0.1) is 6.61 Å². The Kier molecular flexibility index (Phi) is 3.03. The molecule has 1 aromatic heterocycles. The van der Waals surface area contributed by atoms with Crippen LogP contribution in [0.3, 0.4) is 0 Å². The lowest BCUT2D eigenvalue weighted by molar-refractivity contribution is 0.132. The number of likely N-dealkylation sites (tertiary alicyclic amines) is 1. The number of aliphatic hydroxyl groups is 1. The number of hydrogen-bond acceptors (Lipinski definition) is 3. The molecule has 1 aromatic rings. The SMILES string of the molecule is CN1CCC(CO)(Cc2ccncc2)C1. The molecular formula is C12H18N2O. The summed E-state index contributed by atoms with van der Waals surface area (Å²) in [4.78, 5) is 6.30. The van der Waals surface area contributed by atoms with Gasteiger partial charge in [0.2, 0.25) is 0 Å². The lowest BCUT2D eigenvalue weighted by Gasteiger charge is -2.26. The van der Waals surface area contributed by atoms with Crippen LogP contribution in [0.2, 0.25) is 0 Å². The Bertz CT molecular complexity index is 315. The van der Waals surface area contributed by atoms with Gasteiger partial charge in [0.25, 0.3) is 0 Å². The molecule has 3 nitrogen and oxygen atoms in total. The quantitative estimate of drug-likeness (QED) is 0.799. The first-order chi connectivity index (χ1) is 7.24. The second-order valence-corrected chi connectivity index (χ2v) is 4.68. The van der Waals surface area contributed by atoms with E-state index < -0.39 is 0 Å². The van der Waals surface area contributed by atoms with Crippen LogP contribution < -0.4 is 0 Å². The fourth-order valence-electron chi connectivity index (χ4n) is 2.42. The zero-order valence-electron chi connectivity index (χ0n) is 9.19. The Balaban J connectivity index is 2.09. The van der Waals surface area contributed by atoms with Gasteiger partial charge in [0.15, 0.2) is 0 Å². The van der Waals surface area contributed by atoms with E-state index in [1.165, 1.54) is 5.56 Å². The summed E-state index contributed by atoms with van der Waals surface area (Å²) in [6, 6.07) is 4.07. The van der Waals surface area contributed by atoms with Crippen molar-refractivity contribution in [1.29, 1.82) is 0 Å². The Hall–Kier alpha value is -0.930. The molecule has 0 radical (unpaired) electrons. The Labute approximate surface area is 90.8 Å². The average molecular weight is 206 g/mol. The molecule has 0 aliphatic carbocycles. The third kappa shape index (κ3) is 2.36. The number of pyridine rings is 1. The summed E-state index contributed by atoms with van der Waals surface area (Å²) in [6.45, 7) is 2.36. The summed E-state index contributed by atoms with van der Waals surface area (Å²) in [7, 11) is 2.12. The molecule has 1 N–H and O–H groups in total. The van der Waals surface area contributed by atoms with Crippen molar-refractivity contribution in [2.45, 2.75) is 12.8 Å². The minimum atomic E-state index is 0.0656. The molecule has 2 rings (SSSR count). The molecule has 1 atom stereocenters. The summed E-state index contributed by atoms with van der Waals surface area (Å²) in [5.74, 6) is 0. The molecule has 3 heteroatoms. The van der Waals surface area contributed by atoms with Gasteiger partial charge in [-0.25, -0.2) is 0 Å². The zero-order chi connectivity index (χ0) is 10.7. The van der Waals surface area contributed by atoms with Crippen molar-refractivity contribution in [2.24, 2.45) is 5.41 Å². The summed E-state index contributed by atoms with van der Waals surface area (Å²) in [6.07, 6.45) is 5.68. The zero-order valence-corrected chi connectivity index (χ0v) is 9.19. The highest BCUT2D eigenvalue weighted by atomic mass is 16.3. The normalized spacial score (nSPS) is 27.1. The van der Waals surface area contributed by atoms with E-state index in [0.29, 0.717) is 0 Å². The van der Waals surface area contributed by atoms with E-state index in [1.807, 2.05) is 24.5 Å². The van der Waals surface area contributed by atoms with Crippen LogP contribution in [0.1, 0.15) is 12.0 Å². The van der Waals surface area contributed by atoms with Gasteiger partial charge >= 0.3 is 0 Å². The largest absolute Gasteiger partial charge is 0.396 e. The number of aliphatic hydroxyl groups excluding tert-OH is 1. The summed E-state index contributed by atoms with van der Waals surface area (Å²) in [5, 5.41) is 9.55. The fourth-order valence-corrected chi connectivity index (χ4v) is 2.42. The van der Waals surface area contributed by atoms with Crippen molar-refractivity contribution in [3.63, 3.8) is 0 Å². The van der Waals surface area contributed by atoms with Crippen molar-refractivity contribution < 1.29 is 5.11 Å². The molecule has 82 valence electrons. The molecule has 0 saturated carbocycles. The van der Waals surface area contributed by atoms with Crippen LogP contribution in [0.4, 0.5) is 0 Å². The van der Waals surface area contributed by atoms with Gasteiger partial charge in [0, 0.05) is 24.4 Å². The second kappa shape index (κ2) is 4.29. The van der Waals surface area contributed by atoms with E-state index in [0.717, 1.165) is 25.9 Å². The first-order valence-electron chi connectivity index (χ1n) is 5.42. The van der Waals surface area contributed by atoms with E-state index in [1.54, 1.807) is 0 Å². The molecule has 2 heterocycles. The first kappa shape index (κ1) is 10.6. The molecular weight excluding hydrogens is 188 g/mol. The minimum absolute atomic E-state index is 0.0656. The molecule has 0 amide bonds. The van der Waals surface area contributed by atoms with Crippen LogP contribution in [0.25, 0.3) is 0 Å². The minimum Gasteiger partial charge on any atom is -0.396 e. The van der Waals surface area contributed by atoms with Crippen LogP contribution in [0, 0.1) is 5.41 Å². The molecule has 1 aliphatic rings. The van der Waals surface area contributed by atoms with Gasteiger partial charge in [-0.15, -0.1) is 0 Å². The molecule has 1 unspecified atom stereocenters. The molecule has 0 spiro atoms. The lowest BCUT2D eigenvalue weighted by atomic mass is 9.82. The number of rotatable bonds is 3. The molecule has 0 bridgehead atoms. The van der Waals surface area contributed by atoms with Gasteiger partial charge in [-0.3, -0.25) is 4.98 Å². The van der Waals surface area contributed by atoms with Crippen LogP contribution in [-0.2, 0) is 6.42 Å². The Morgan fingerprint density at radius 2 is 2.20 bits per heavy atom. The second-order valence-electron chi connectivity index (χ2n) is 4.68. The van der Waals surface area contributed by atoms with Crippen LogP contribution in [0.15, 0.2) is 24.5 Å². The van der Waals surface area contributed by atoms with Gasteiger partial charge < -0.3 is 10.0 Å². The molecule has 1 aliphatic heterocycles. The highest BCUT2D eigenvalue weighted by Crippen LogP contribution is 2.32. The maximum Gasteiger partial charge on any atom is 0.0503 e. The van der Waals surface area contributed by atoms with Gasteiger partial charge in [-0.2, -0.15) is 0 Å². The lowest BCUT2D eigenvalue weighted by Crippen LogP contribution is -2.31. The number of nitrogens with zero attached hydrogens (tertiary/aromatic N) is 2. The predicted octanol–water partition coefficient (Wildman–Crippen LogP) is 0.938. The average Bonchev–Trinajstić information content (AvgIpc) is 2.62. The van der Waals surface area contributed by atoms with Crippen molar-refractivity contribution in [3.8, 4) is 0 Å². The van der Waals surface area contributed by atoms with Crippen LogP contribution in [-0.4, -0.2) is 41.7 Å². The standard InChI is InChI=1S/C12H18N2O/c1-14-7-4-12(9-14,10-15)8-11-2-5-13-6-3-11/h2-3,5-6,15H,4,7-10H2,1H3. The third-order valence-electron chi connectivity index (χ3n) is 3.29. The van der Waals surface area contributed by atoms with Crippen molar-refractivity contribution in [3.05, 3.63) is 30.1 Å². The van der Waals surface area contributed by atoms with E-state index >= 15 is 0 Å². The fraction of sp³-hybridized carbons (Fsp3) is 0.583. The van der Waals surface area contributed by atoms with Gasteiger partial charge in [0.1, 0.15) is 0 Å². The monoisotopic (exact) mass is 206 g/mol. The number of aromatic nitrogens is 1. The van der Waals surface area contributed by atoms with Crippen LogP contribution in [0.5, 0.6) is 0 Å². The highest BCUT2D eigenvalue weighted by Gasteiger charge is 2.36. The summed E-state index contributed by atoms with van der Waals surface area (Å²) >= 11 is 0. The highest BCUT2D eigenvalue weighted by molar-refractivity contribution is 5.13. The topological polar surface area (TPSA) is 36.4 Å². The van der Waals surface area contributed by atoms with Gasteiger partial charge in [-0.1, -0.05) is 0 Å².